The molecule has 0 nitrogen and oxygen atoms in total. The van der Waals surface area contributed by atoms with Gasteiger partial charge in [-0.3, -0.25) is 0 Å². The molecule has 0 radical (unpaired) electrons. The Morgan fingerprint density at radius 1 is 0.161 bits per heavy atom. The molecule has 0 bridgehead atoms. The summed E-state index contributed by atoms with van der Waals surface area (Å²) in [5.41, 5.74) is 71.9. The molecule has 0 heterocycles. The van der Waals surface area contributed by atoms with Crippen LogP contribution in [0, 0.1) is 0 Å². The second-order valence-corrected chi connectivity index (χ2v) is 3.73. The molecular formula is C31H4. The first-order chi connectivity index (χ1) is 15.4. The van der Waals surface area contributed by atoms with Crippen LogP contribution >= 0.6 is 0 Å². The molecule has 0 aromatic heterocycles. The van der Waals surface area contributed by atoms with Crippen molar-refractivity contribution in [3.05, 3.63) is 179 Å². The largest absolute Gasteiger partial charge is 0.0687 e. The van der Waals surface area contributed by atoms with Gasteiger partial charge in [0.1, 0.15) is 0 Å². The molecule has 0 aliphatic carbocycles. The van der Waals surface area contributed by atoms with E-state index in [9.17, 15) is 0 Å². The maximum Gasteiger partial charge on any atom is 0 e. The van der Waals surface area contributed by atoms with Gasteiger partial charge in [-0.15, -0.1) is 0 Å². The van der Waals surface area contributed by atoms with Crippen LogP contribution in [0.15, 0.2) is 179 Å². The molecule has 0 amide bonds. The van der Waals surface area contributed by atoms with Crippen molar-refractivity contribution in [2.45, 2.75) is 0 Å². The third-order valence-electron chi connectivity index (χ3n) is 1.80. The summed E-state index contributed by atoms with van der Waals surface area (Å²) in [6, 6.07) is 0. The summed E-state index contributed by atoms with van der Waals surface area (Å²) >= 11 is 0. The van der Waals surface area contributed by atoms with E-state index < -0.39 is 0 Å². The van der Waals surface area contributed by atoms with Crippen LogP contribution in [0.5, 0.6) is 0 Å². The molecule has 0 unspecified atom stereocenters. The van der Waals surface area contributed by atoms with Crippen molar-refractivity contribution in [1.29, 1.82) is 0 Å². The highest BCUT2D eigenvalue weighted by molar-refractivity contribution is 4.94. The lowest BCUT2D eigenvalue weighted by Crippen LogP contribution is -1.25. The van der Waals surface area contributed by atoms with E-state index in [1.807, 2.05) is 0 Å². The maximum atomic E-state index is 3.31. The fourth-order valence-corrected chi connectivity index (χ4v) is 0.870. The van der Waals surface area contributed by atoms with E-state index >= 15 is 0 Å². The lowest BCUT2D eigenvalue weighted by molar-refractivity contribution is 2.11. The molecule has 0 aromatic carbocycles. The lowest BCUT2D eigenvalue weighted by Gasteiger charge is -1.41. The minimum Gasteiger partial charge on any atom is -0.0687 e. The smallest absolute Gasteiger partial charge is 0 e. The maximum absolute atomic E-state index is 3.31. The van der Waals surface area contributed by atoms with Crippen molar-refractivity contribution < 1.29 is 0 Å². The summed E-state index contributed by atoms with van der Waals surface area (Å²) in [7, 11) is 0. The van der Waals surface area contributed by atoms with E-state index in [1.54, 1.807) is 0 Å². The Morgan fingerprint density at radius 3 is 0.355 bits per heavy atom. The fraction of sp³-hybridized carbons (Fsp3) is 0. The summed E-state index contributed by atoms with van der Waals surface area (Å²) < 4.78 is 0. The predicted octanol–water partition coefficient (Wildman–Crippen LogP) is 5.30. The zero-order valence-electron chi connectivity index (χ0n) is 15.9. The predicted molar refractivity (Wildman–Crippen MR) is 113 cm³/mol. The van der Waals surface area contributed by atoms with Gasteiger partial charge in [0.15, 0.2) is 0 Å². The van der Waals surface area contributed by atoms with Gasteiger partial charge in [-0.1, -0.05) is 11.5 Å². The van der Waals surface area contributed by atoms with E-state index in [0.717, 1.165) is 0 Å². The van der Waals surface area contributed by atoms with Crippen LogP contribution in [0.3, 0.4) is 0 Å². The summed E-state index contributed by atoms with van der Waals surface area (Å²) in [4.78, 5) is 0. The molecular weight excluding hydrogens is 372 g/mol. The van der Waals surface area contributed by atoms with Gasteiger partial charge in [-0.05, 0) is 105 Å². The molecule has 0 aromatic rings. The average molecular weight is 376 g/mol. The standard InChI is InChI=1S/C31H4/c1-3-5-7-9-11-13-15-17-19-21-23-25-27-29-31-30-28-26-24-22-20-18-16-14-12-10-8-6-4-2/h1-2H2. The van der Waals surface area contributed by atoms with Crippen LogP contribution in [-0.2, 0) is 0 Å². The van der Waals surface area contributed by atoms with Crippen molar-refractivity contribution in [2.75, 3.05) is 0 Å². The second kappa shape index (κ2) is 23.4. The Kier molecular flexibility index (Phi) is 18.4. The number of rotatable bonds is 0. The van der Waals surface area contributed by atoms with Crippen molar-refractivity contribution in [3.63, 3.8) is 0 Å². The van der Waals surface area contributed by atoms with Gasteiger partial charge in [-0.2, -0.15) is 0 Å². The Hall–Kier alpha value is -6.64. The van der Waals surface area contributed by atoms with Gasteiger partial charge < -0.3 is 0 Å². The molecule has 128 valence electrons. The highest BCUT2D eigenvalue weighted by atomic mass is 13.4. The molecule has 0 saturated carbocycles. The Bertz CT molecular complexity index is 1730. The van der Waals surface area contributed by atoms with Gasteiger partial charge in [0.25, 0.3) is 0 Å². The van der Waals surface area contributed by atoms with E-state index in [0.29, 0.717) is 0 Å². The van der Waals surface area contributed by atoms with Crippen molar-refractivity contribution in [1.82, 2.24) is 0 Å². The molecule has 0 rings (SSSR count). The Labute approximate surface area is 179 Å². The van der Waals surface area contributed by atoms with E-state index in [1.165, 1.54) is 0 Å². The topological polar surface area (TPSA) is 0 Å². The van der Waals surface area contributed by atoms with Crippen molar-refractivity contribution in [3.8, 4) is 0 Å². The molecule has 0 aliphatic heterocycles. The Morgan fingerprint density at radius 2 is 0.258 bits per heavy atom. The quantitative estimate of drug-likeness (QED) is 0.503. The minimum atomic E-state index is 2.37. The molecule has 0 atom stereocenters. The number of hydrogen-bond acceptors (Lipinski definition) is 0. The first-order valence-corrected chi connectivity index (χ1v) is 7.71. The van der Waals surface area contributed by atoms with Crippen LogP contribution in [0.4, 0.5) is 0 Å². The van der Waals surface area contributed by atoms with Crippen LogP contribution < -0.4 is 0 Å². The molecule has 0 saturated heterocycles. The Balaban J connectivity index is 5.96. The monoisotopic (exact) mass is 376 g/mol. The van der Waals surface area contributed by atoms with Gasteiger partial charge in [0.2, 0.25) is 0 Å². The first-order valence-electron chi connectivity index (χ1n) is 7.71. The highest BCUT2D eigenvalue weighted by Gasteiger charge is 1.43. The van der Waals surface area contributed by atoms with Crippen LogP contribution in [0.2, 0.25) is 0 Å². The van der Waals surface area contributed by atoms with Crippen molar-refractivity contribution in [2.24, 2.45) is 0 Å². The molecule has 0 fully saturated rings. The number of hydrogen-bond donors (Lipinski definition) is 0. The summed E-state index contributed by atoms with van der Waals surface area (Å²) in [6.07, 6.45) is 0. The summed E-state index contributed by atoms with van der Waals surface area (Å²) in [5.74, 6) is 0. The van der Waals surface area contributed by atoms with Gasteiger partial charge in [0, 0.05) is 63.0 Å². The van der Waals surface area contributed by atoms with Gasteiger partial charge >= 0.3 is 0 Å². The normalized spacial score (nSPS) is 3.87. The molecule has 0 spiro atoms. The molecule has 31 heavy (non-hydrogen) atoms. The highest BCUT2D eigenvalue weighted by Crippen LogP contribution is 1.59. The third kappa shape index (κ3) is 23.4. The second-order valence-electron chi connectivity index (χ2n) is 3.73. The average Bonchev–Trinajstić information content (AvgIpc) is 2.78. The van der Waals surface area contributed by atoms with E-state index in [-0.39, 0.29) is 0 Å². The van der Waals surface area contributed by atoms with E-state index in [2.05, 4.69) is 179 Å². The SMILES string of the molecule is C=C=C=C=C=C=C=C=C=C=C=C=C=C=C=C=C=C=C=C=C=C=C=C=C=C=C=C=C=C=C. The molecule has 0 heteroatoms. The lowest BCUT2D eigenvalue weighted by atomic mass is 10.6. The van der Waals surface area contributed by atoms with E-state index in [4.69, 9.17) is 0 Å². The van der Waals surface area contributed by atoms with Gasteiger partial charge in [0.05, 0.1) is 0 Å². The van der Waals surface area contributed by atoms with Crippen LogP contribution in [0.1, 0.15) is 0 Å². The molecule has 0 aliphatic rings. The fourth-order valence-electron chi connectivity index (χ4n) is 0.870. The first kappa shape index (κ1) is 24.4. The van der Waals surface area contributed by atoms with Crippen molar-refractivity contribution >= 4 is 0 Å². The zero-order chi connectivity index (χ0) is 22.5. The summed E-state index contributed by atoms with van der Waals surface area (Å²) in [5, 5.41) is 0. The van der Waals surface area contributed by atoms with Crippen LogP contribution in [-0.4, -0.2) is 0 Å². The zero-order valence-corrected chi connectivity index (χ0v) is 15.9. The third-order valence-corrected chi connectivity index (χ3v) is 1.80. The molecule has 0 N–H and O–H groups in total. The summed E-state index contributed by atoms with van der Waals surface area (Å²) in [6.45, 7) is 6.61. The minimum absolute atomic E-state index is 2.37. The van der Waals surface area contributed by atoms with Crippen LogP contribution in [0.25, 0.3) is 0 Å². The van der Waals surface area contributed by atoms with Gasteiger partial charge in [-0.25, -0.2) is 0 Å².